The summed E-state index contributed by atoms with van der Waals surface area (Å²) in [6.45, 7) is 5.42. The first-order chi connectivity index (χ1) is 7.65. The zero-order valence-electron chi connectivity index (χ0n) is 10.5. The van der Waals surface area contributed by atoms with Gasteiger partial charge < -0.3 is 15.4 Å². The lowest BCUT2D eigenvalue weighted by Crippen LogP contribution is -2.48. The number of morpholine rings is 1. The molecule has 1 aliphatic carbocycles. The van der Waals surface area contributed by atoms with E-state index >= 15 is 0 Å². The molecule has 2 aliphatic rings. The topological polar surface area (TPSA) is 50.8 Å². The van der Waals surface area contributed by atoms with Crippen LogP contribution in [0.25, 0.3) is 0 Å². The molecule has 100 valence electrons. The number of hydrogen-bond acceptors (Lipinski definition) is 3. The van der Waals surface area contributed by atoms with Gasteiger partial charge >= 0.3 is 0 Å². The highest BCUT2D eigenvalue weighted by Gasteiger charge is 2.41. The van der Waals surface area contributed by atoms with Gasteiger partial charge in [0.25, 0.3) is 0 Å². The van der Waals surface area contributed by atoms with E-state index in [4.69, 9.17) is 10.5 Å². The fraction of sp³-hybridized carbons (Fsp3) is 0.909. The lowest BCUT2D eigenvalue weighted by Gasteiger charge is -2.32. The Morgan fingerprint density at radius 2 is 2.29 bits per heavy atom. The number of thioether (sulfide) groups is 1. The van der Waals surface area contributed by atoms with E-state index in [1.165, 1.54) is 12.8 Å². The molecule has 0 aromatic heterocycles. The molecule has 0 spiro atoms. The van der Waals surface area contributed by atoms with Gasteiger partial charge in [0.1, 0.15) is 0 Å². The third kappa shape index (κ3) is 4.17. The number of hydrogen-bond donors (Lipinski definition) is 1. The van der Waals surface area contributed by atoms with Gasteiger partial charge in [-0.2, -0.15) is 11.8 Å². The zero-order chi connectivity index (χ0) is 11.6. The van der Waals surface area contributed by atoms with Crippen molar-refractivity contribution in [2.24, 2.45) is 10.7 Å². The second kappa shape index (κ2) is 6.47. The van der Waals surface area contributed by atoms with Crippen molar-refractivity contribution in [3.8, 4) is 0 Å². The second-order valence-electron chi connectivity index (χ2n) is 4.69. The summed E-state index contributed by atoms with van der Waals surface area (Å²) >= 11 is 1.92. The predicted molar refractivity (Wildman–Crippen MR) is 84.4 cm³/mol. The maximum atomic E-state index is 6.01. The summed E-state index contributed by atoms with van der Waals surface area (Å²) < 4.78 is 5.89. The summed E-state index contributed by atoms with van der Waals surface area (Å²) in [5, 5.41) is 0. The highest BCUT2D eigenvalue weighted by Crippen LogP contribution is 2.47. The minimum atomic E-state index is 0. The average molecular weight is 371 g/mol. The molecule has 1 saturated heterocycles. The maximum Gasteiger partial charge on any atom is 0.191 e. The molecular formula is C11H22IN3OS. The highest BCUT2D eigenvalue weighted by molar-refractivity contribution is 14.0. The SMILES string of the molecule is CSC1(CN=C(N)N2CCOC(C)C2)CC1.I. The van der Waals surface area contributed by atoms with Crippen molar-refractivity contribution < 1.29 is 4.74 Å². The number of nitrogens with two attached hydrogens (primary N) is 1. The smallest absolute Gasteiger partial charge is 0.191 e. The molecule has 0 amide bonds. The standard InChI is InChI=1S/C11H21N3OS.HI/c1-9-7-14(5-6-15-9)10(12)13-8-11(16-2)3-4-11;/h9H,3-8H2,1-2H3,(H2,12,13);1H. The molecule has 0 aromatic carbocycles. The van der Waals surface area contributed by atoms with Gasteiger partial charge in [-0.25, -0.2) is 0 Å². The highest BCUT2D eigenvalue weighted by atomic mass is 127. The first-order valence-electron chi connectivity index (χ1n) is 5.87. The Hall–Kier alpha value is 0.310. The quantitative estimate of drug-likeness (QED) is 0.465. The molecule has 0 radical (unpaired) electrons. The fourth-order valence-corrected chi connectivity index (χ4v) is 2.62. The Balaban J connectivity index is 0.00000144. The van der Waals surface area contributed by atoms with Crippen LogP contribution >= 0.6 is 35.7 Å². The van der Waals surface area contributed by atoms with Crippen molar-refractivity contribution in [1.82, 2.24) is 4.90 Å². The minimum absolute atomic E-state index is 0. The van der Waals surface area contributed by atoms with E-state index in [1.54, 1.807) is 0 Å². The summed E-state index contributed by atoms with van der Waals surface area (Å²) in [6, 6.07) is 0. The van der Waals surface area contributed by atoms with Gasteiger partial charge in [-0.3, -0.25) is 4.99 Å². The molecule has 1 heterocycles. The number of ether oxygens (including phenoxy) is 1. The summed E-state index contributed by atoms with van der Waals surface area (Å²) in [4.78, 5) is 6.66. The van der Waals surface area contributed by atoms with Crippen molar-refractivity contribution in [2.45, 2.75) is 30.6 Å². The Kier molecular flexibility index (Phi) is 5.85. The van der Waals surface area contributed by atoms with Gasteiger partial charge in [0.2, 0.25) is 0 Å². The molecule has 1 atom stereocenters. The van der Waals surface area contributed by atoms with Crippen LogP contribution in [-0.2, 0) is 4.74 Å². The molecule has 17 heavy (non-hydrogen) atoms. The van der Waals surface area contributed by atoms with Crippen molar-refractivity contribution >= 4 is 41.7 Å². The van der Waals surface area contributed by atoms with Crippen LogP contribution in [0.1, 0.15) is 19.8 Å². The van der Waals surface area contributed by atoms with E-state index in [1.807, 2.05) is 11.8 Å². The molecule has 0 bridgehead atoms. The van der Waals surface area contributed by atoms with Gasteiger partial charge in [0, 0.05) is 17.8 Å². The Morgan fingerprint density at radius 3 is 2.82 bits per heavy atom. The van der Waals surface area contributed by atoms with E-state index in [2.05, 4.69) is 23.1 Å². The molecule has 2 N–H and O–H groups in total. The predicted octanol–water partition coefficient (Wildman–Crippen LogP) is 1.54. The van der Waals surface area contributed by atoms with Crippen LogP contribution in [0.3, 0.4) is 0 Å². The van der Waals surface area contributed by atoms with E-state index in [0.29, 0.717) is 10.7 Å². The minimum Gasteiger partial charge on any atom is -0.375 e. The van der Waals surface area contributed by atoms with Crippen LogP contribution in [0.4, 0.5) is 0 Å². The maximum absolute atomic E-state index is 6.01. The molecule has 2 fully saturated rings. The van der Waals surface area contributed by atoms with Crippen LogP contribution in [0.5, 0.6) is 0 Å². The molecule has 6 heteroatoms. The number of rotatable bonds is 3. The summed E-state index contributed by atoms with van der Waals surface area (Å²) in [5.74, 6) is 0.690. The number of halogens is 1. The van der Waals surface area contributed by atoms with Crippen LogP contribution < -0.4 is 5.73 Å². The molecule has 1 unspecified atom stereocenters. The van der Waals surface area contributed by atoms with E-state index in [-0.39, 0.29) is 30.1 Å². The van der Waals surface area contributed by atoms with Crippen molar-refractivity contribution in [1.29, 1.82) is 0 Å². The van der Waals surface area contributed by atoms with Crippen molar-refractivity contribution in [3.63, 3.8) is 0 Å². The van der Waals surface area contributed by atoms with E-state index < -0.39 is 0 Å². The van der Waals surface area contributed by atoms with Crippen LogP contribution in [-0.4, -0.2) is 54.2 Å². The third-order valence-corrected chi connectivity index (χ3v) is 4.74. The van der Waals surface area contributed by atoms with Crippen molar-refractivity contribution in [3.05, 3.63) is 0 Å². The van der Waals surface area contributed by atoms with Crippen LogP contribution in [0.2, 0.25) is 0 Å². The summed E-state index contributed by atoms with van der Waals surface area (Å²) in [6.07, 6.45) is 4.99. The molecule has 1 saturated carbocycles. The Bertz CT molecular complexity index is 284. The average Bonchev–Trinajstić information content (AvgIpc) is 3.07. The summed E-state index contributed by atoms with van der Waals surface area (Å²) in [7, 11) is 0. The van der Waals surface area contributed by atoms with Gasteiger partial charge in [0.15, 0.2) is 5.96 Å². The number of nitrogens with zero attached hydrogens (tertiary/aromatic N) is 2. The van der Waals surface area contributed by atoms with Gasteiger partial charge in [-0.05, 0) is 26.0 Å². The molecule has 0 aromatic rings. The summed E-state index contributed by atoms with van der Waals surface area (Å²) in [5.41, 5.74) is 6.01. The Labute approximate surface area is 125 Å². The largest absolute Gasteiger partial charge is 0.375 e. The molecule has 1 aliphatic heterocycles. The normalized spacial score (nSPS) is 27.5. The molecule has 4 nitrogen and oxygen atoms in total. The lowest BCUT2D eigenvalue weighted by atomic mass is 10.3. The number of guanidine groups is 1. The first-order valence-corrected chi connectivity index (χ1v) is 7.09. The van der Waals surface area contributed by atoms with E-state index in [9.17, 15) is 0 Å². The monoisotopic (exact) mass is 371 g/mol. The van der Waals surface area contributed by atoms with Gasteiger partial charge in [0.05, 0.1) is 19.3 Å². The third-order valence-electron chi connectivity index (χ3n) is 3.33. The first kappa shape index (κ1) is 15.4. The van der Waals surface area contributed by atoms with Gasteiger partial charge in [-0.1, -0.05) is 0 Å². The van der Waals surface area contributed by atoms with Crippen molar-refractivity contribution in [2.75, 3.05) is 32.5 Å². The Morgan fingerprint density at radius 1 is 1.59 bits per heavy atom. The van der Waals surface area contributed by atoms with E-state index in [0.717, 1.165) is 26.2 Å². The fourth-order valence-electron chi connectivity index (χ4n) is 1.92. The van der Waals surface area contributed by atoms with Crippen LogP contribution in [0.15, 0.2) is 4.99 Å². The second-order valence-corrected chi connectivity index (χ2v) is 5.96. The lowest BCUT2D eigenvalue weighted by molar-refractivity contribution is 0.00530. The molecule has 2 rings (SSSR count). The van der Waals surface area contributed by atoms with Gasteiger partial charge in [-0.15, -0.1) is 24.0 Å². The number of aliphatic imine (C=N–C) groups is 1. The molecular weight excluding hydrogens is 349 g/mol. The zero-order valence-corrected chi connectivity index (χ0v) is 13.7. The van der Waals surface area contributed by atoms with Crippen LogP contribution in [0, 0.1) is 0 Å².